The van der Waals surface area contributed by atoms with Gasteiger partial charge < -0.3 is 24.7 Å². The van der Waals surface area contributed by atoms with E-state index in [9.17, 15) is 23.3 Å². The Kier molecular flexibility index (Phi) is 11.4. The number of nitrogens with one attached hydrogen (secondary N) is 3. The number of nitro benzene ring substituents is 1. The number of halogens is 1. The minimum Gasteiger partial charge on any atom is -0.455 e. The Morgan fingerprint density at radius 1 is 1.03 bits per heavy atom. The molecule has 1 spiro atoms. The van der Waals surface area contributed by atoms with Crippen LogP contribution in [-0.4, -0.2) is 85.2 Å². The van der Waals surface area contributed by atoms with Gasteiger partial charge in [0, 0.05) is 87.2 Å². The lowest BCUT2D eigenvalue weighted by atomic mass is 9.59. The van der Waals surface area contributed by atoms with E-state index in [0.29, 0.717) is 28.9 Å². The smallest absolute Gasteiger partial charge is 0.293 e. The molecule has 3 aromatic carbocycles. The van der Waals surface area contributed by atoms with E-state index in [1.807, 2.05) is 6.07 Å². The quantitative estimate of drug-likeness (QED) is 0.0766. The minimum atomic E-state index is -4.62. The number of nitrogens with zero attached hydrogens (tertiary/aromatic N) is 4. The molecule has 0 unspecified atom stereocenters. The SMILES string of the molecule is CCc1ccccc1[C@@H]1CCCN1C1CC2(CCN(c3ccc(C(=O)NS(=O)(=O)c4ccc(NCC5(F)CCOCC5)c([N+](=O)[O-])c4)c(Oc4cnc5[nH]ccc5c4)c3)CC2)C1. The molecule has 62 heavy (non-hydrogen) atoms. The van der Waals surface area contributed by atoms with Gasteiger partial charge in [0.05, 0.1) is 21.6 Å². The molecule has 326 valence electrons. The third-order valence-corrected chi connectivity index (χ3v) is 14.9. The Morgan fingerprint density at radius 2 is 1.82 bits per heavy atom. The number of aryl methyl sites for hydroxylation is 1. The van der Waals surface area contributed by atoms with Crippen LogP contribution in [0.15, 0.2) is 90.1 Å². The van der Waals surface area contributed by atoms with Crippen molar-refractivity contribution in [1.29, 1.82) is 0 Å². The highest BCUT2D eigenvalue weighted by Crippen LogP contribution is 2.54. The molecule has 3 N–H and O–H groups in total. The first-order chi connectivity index (χ1) is 29.9. The monoisotopic (exact) mass is 865 g/mol. The molecule has 4 fully saturated rings. The van der Waals surface area contributed by atoms with Gasteiger partial charge in [-0.25, -0.2) is 22.5 Å². The molecule has 5 aromatic rings. The van der Waals surface area contributed by atoms with Gasteiger partial charge in [-0.2, -0.15) is 0 Å². The number of hydrogen-bond donors (Lipinski definition) is 3. The number of carbonyl (C=O) groups excluding carboxylic acids is 1. The number of likely N-dealkylation sites (tertiary alicyclic amines) is 1. The van der Waals surface area contributed by atoms with Gasteiger partial charge in [0.1, 0.15) is 28.5 Å². The van der Waals surface area contributed by atoms with Crippen molar-refractivity contribution in [3.8, 4) is 11.5 Å². The zero-order valence-electron chi connectivity index (χ0n) is 34.8. The normalized spacial score (nSPS) is 20.2. The van der Waals surface area contributed by atoms with Gasteiger partial charge in [-0.15, -0.1) is 0 Å². The van der Waals surface area contributed by atoms with E-state index in [1.54, 1.807) is 30.5 Å². The van der Waals surface area contributed by atoms with Gasteiger partial charge in [-0.1, -0.05) is 31.2 Å². The summed E-state index contributed by atoms with van der Waals surface area (Å²) in [5, 5.41) is 15.6. The molecule has 1 atom stereocenters. The first kappa shape index (κ1) is 41.8. The topological polar surface area (TPSA) is 172 Å². The standard InChI is InChI=1S/C46H52FN7O7S/c1-2-31-6-3-4-7-37(31)40-8-5-19-53(40)34-27-45(28-34)14-20-52(21-15-45)33-9-11-38(42(25-33)61-35-24-32-13-18-48-43(32)49-29-35)44(55)51-62(58,59)36-10-12-39(41(26-36)54(56)57)50-30-46(47)16-22-60-23-17-46/h3-4,6-7,9-13,18,24-26,29,34,40,50H,2,5,8,14-17,19-23,27-28,30H2,1H3,(H,48,49)(H,51,55)/t40-/m0/s1. The number of piperidine rings is 1. The van der Waals surface area contributed by atoms with Crippen molar-refractivity contribution < 1.29 is 32.0 Å². The lowest BCUT2D eigenvalue weighted by molar-refractivity contribution is -0.384. The van der Waals surface area contributed by atoms with Crippen molar-refractivity contribution in [2.45, 2.75) is 87.4 Å². The van der Waals surface area contributed by atoms with Crippen molar-refractivity contribution in [2.24, 2.45) is 5.41 Å². The zero-order chi connectivity index (χ0) is 43.1. The van der Waals surface area contributed by atoms with E-state index in [0.717, 1.165) is 62.1 Å². The van der Waals surface area contributed by atoms with E-state index < -0.39 is 37.1 Å². The highest BCUT2D eigenvalue weighted by Gasteiger charge is 2.50. The molecule has 9 rings (SSSR count). The largest absolute Gasteiger partial charge is 0.455 e. The number of rotatable bonds is 13. The van der Waals surface area contributed by atoms with Crippen LogP contribution in [-0.2, 0) is 21.2 Å². The van der Waals surface area contributed by atoms with Crippen LogP contribution in [0.25, 0.3) is 11.0 Å². The zero-order valence-corrected chi connectivity index (χ0v) is 35.6. The van der Waals surface area contributed by atoms with Crippen LogP contribution in [0.5, 0.6) is 11.5 Å². The fourth-order valence-electron chi connectivity index (χ4n) is 10.0. The number of fused-ring (bicyclic) bond motifs is 1. The van der Waals surface area contributed by atoms with Gasteiger partial charge in [-0.05, 0) is 104 Å². The number of hydrogen-bond acceptors (Lipinski definition) is 11. The summed E-state index contributed by atoms with van der Waals surface area (Å²) in [5.41, 5.74) is 2.44. The summed E-state index contributed by atoms with van der Waals surface area (Å²) in [6, 6.07) is 21.9. The Bertz CT molecular complexity index is 2580. The molecule has 2 aromatic heterocycles. The van der Waals surface area contributed by atoms with Crippen molar-refractivity contribution in [1.82, 2.24) is 19.6 Å². The maximum Gasteiger partial charge on any atom is 0.293 e. The van der Waals surface area contributed by atoms with E-state index in [-0.39, 0.29) is 49.6 Å². The van der Waals surface area contributed by atoms with Gasteiger partial charge in [0.15, 0.2) is 0 Å². The number of alkyl halides is 1. The van der Waals surface area contributed by atoms with Crippen molar-refractivity contribution in [3.63, 3.8) is 0 Å². The third kappa shape index (κ3) is 8.47. The fraction of sp³-hybridized carbons (Fsp3) is 0.435. The van der Waals surface area contributed by atoms with Gasteiger partial charge in [0.25, 0.3) is 21.6 Å². The van der Waals surface area contributed by atoms with E-state index in [4.69, 9.17) is 9.47 Å². The average molecular weight is 866 g/mol. The molecule has 0 radical (unpaired) electrons. The number of aromatic nitrogens is 2. The number of benzene rings is 3. The summed E-state index contributed by atoms with van der Waals surface area (Å²) in [5.74, 6) is -0.506. The predicted molar refractivity (Wildman–Crippen MR) is 234 cm³/mol. The highest BCUT2D eigenvalue weighted by molar-refractivity contribution is 7.90. The van der Waals surface area contributed by atoms with Gasteiger partial charge in [0.2, 0.25) is 0 Å². The number of pyridine rings is 1. The number of sulfonamides is 1. The molecule has 3 aliphatic heterocycles. The Labute approximate surface area is 360 Å². The number of nitro groups is 1. The molecule has 5 heterocycles. The summed E-state index contributed by atoms with van der Waals surface area (Å²) in [4.78, 5) is 37.2. The summed E-state index contributed by atoms with van der Waals surface area (Å²) in [6.45, 7) is 5.31. The first-order valence-electron chi connectivity index (χ1n) is 21.6. The van der Waals surface area contributed by atoms with Crippen LogP contribution in [0.1, 0.15) is 85.8 Å². The molecule has 0 bridgehead atoms. The van der Waals surface area contributed by atoms with Crippen LogP contribution >= 0.6 is 0 Å². The maximum atomic E-state index is 15.2. The predicted octanol–water partition coefficient (Wildman–Crippen LogP) is 8.46. The van der Waals surface area contributed by atoms with Crippen molar-refractivity contribution in [2.75, 3.05) is 49.6 Å². The minimum absolute atomic E-state index is 0.0439. The van der Waals surface area contributed by atoms with Gasteiger partial charge >= 0.3 is 0 Å². The third-order valence-electron chi connectivity index (χ3n) is 13.6. The number of H-pyrrole nitrogens is 1. The van der Waals surface area contributed by atoms with E-state index in [1.165, 1.54) is 49.1 Å². The van der Waals surface area contributed by atoms with E-state index in [2.05, 4.69) is 61.0 Å². The summed E-state index contributed by atoms with van der Waals surface area (Å²) >= 11 is 0. The second kappa shape index (κ2) is 16.9. The second-order valence-electron chi connectivity index (χ2n) is 17.4. The molecule has 1 aliphatic carbocycles. The lowest BCUT2D eigenvalue weighted by Gasteiger charge is -2.56. The summed E-state index contributed by atoms with van der Waals surface area (Å²) in [6.07, 6.45) is 11.5. The lowest BCUT2D eigenvalue weighted by Crippen LogP contribution is -2.54. The molecule has 4 aliphatic rings. The molecule has 1 saturated carbocycles. The molecule has 14 nitrogen and oxygen atoms in total. The van der Waals surface area contributed by atoms with Crippen molar-refractivity contribution >= 4 is 44.0 Å². The fourth-order valence-corrected chi connectivity index (χ4v) is 11.0. The molecular formula is C46H52FN7O7S. The van der Waals surface area contributed by atoms with Crippen molar-refractivity contribution in [3.05, 3.63) is 112 Å². The highest BCUT2D eigenvalue weighted by atomic mass is 32.2. The maximum absolute atomic E-state index is 15.2. The molecular weight excluding hydrogens is 814 g/mol. The van der Waals surface area contributed by atoms with E-state index >= 15 is 4.39 Å². The Morgan fingerprint density at radius 3 is 2.60 bits per heavy atom. The summed E-state index contributed by atoms with van der Waals surface area (Å²) in [7, 11) is -4.62. The van der Waals surface area contributed by atoms with Crippen LogP contribution in [0.4, 0.5) is 21.5 Å². The molecule has 1 amide bonds. The molecule has 16 heteroatoms. The number of anilines is 2. The number of ether oxygens (including phenoxy) is 2. The Balaban J connectivity index is 0.907. The number of aromatic amines is 1. The summed E-state index contributed by atoms with van der Waals surface area (Å²) < 4.78 is 56.2. The second-order valence-corrected chi connectivity index (χ2v) is 19.0. The Hall–Kier alpha value is -5.58. The molecule has 3 saturated heterocycles. The van der Waals surface area contributed by atoms with Crippen LogP contribution in [0.3, 0.4) is 0 Å². The van der Waals surface area contributed by atoms with Gasteiger partial charge in [-0.3, -0.25) is 19.8 Å². The van der Waals surface area contributed by atoms with Crippen LogP contribution in [0.2, 0.25) is 0 Å². The van der Waals surface area contributed by atoms with Crippen LogP contribution in [0, 0.1) is 15.5 Å². The average Bonchev–Trinajstić information content (AvgIpc) is 3.95. The number of carbonyl (C=O) groups is 1. The van der Waals surface area contributed by atoms with Crippen LogP contribution < -0.4 is 19.7 Å². The first-order valence-corrected chi connectivity index (χ1v) is 23.1. The number of amides is 1.